The fourth-order valence-electron chi connectivity index (χ4n) is 4.19. The third-order valence-corrected chi connectivity index (χ3v) is 5.62. The zero-order valence-corrected chi connectivity index (χ0v) is 16.3. The average Bonchev–Trinajstić information content (AvgIpc) is 3.10. The minimum absolute atomic E-state index is 0.316. The van der Waals surface area contributed by atoms with E-state index in [0.29, 0.717) is 17.7 Å². The van der Waals surface area contributed by atoms with Gasteiger partial charge in [0, 0.05) is 34.3 Å². The summed E-state index contributed by atoms with van der Waals surface area (Å²) >= 11 is 0. The molecule has 0 bridgehead atoms. The predicted molar refractivity (Wildman–Crippen MR) is 112 cm³/mol. The van der Waals surface area contributed by atoms with E-state index >= 15 is 0 Å². The second-order valence-electron chi connectivity index (χ2n) is 7.62. The number of fused-ring (bicyclic) bond motifs is 2. The van der Waals surface area contributed by atoms with Crippen LogP contribution in [0.1, 0.15) is 35.2 Å². The number of halogens is 1. The molecule has 5 rings (SSSR count). The van der Waals surface area contributed by atoms with Crippen LogP contribution in [0.4, 0.5) is 14.9 Å². The minimum atomic E-state index is -0.718. The van der Waals surface area contributed by atoms with Crippen LogP contribution in [0.25, 0.3) is 0 Å². The van der Waals surface area contributed by atoms with E-state index in [1.807, 2.05) is 36.4 Å². The summed E-state index contributed by atoms with van der Waals surface area (Å²) in [6.45, 7) is 0.450. The molecule has 2 aromatic carbocycles. The number of para-hydroxylation sites is 1. The summed E-state index contributed by atoms with van der Waals surface area (Å²) in [5.41, 5.74) is 3.29. The van der Waals surface area contributed by atoms with Crippen LogP contribution in [0.5, 0.6) is 0 Å². The first-order chi connectivity index (χ1) is 14.6. The normalized spacial score (nSPS) is 19.8. The maximum Gasteiger partial charge on any atom is 0.415 e. The summed E-state index contributed by atoms with van der Waals surface area (Å²) in [4.78, 5) is 19.0. The molecular weight excluding hydrogens is 379 g/mol. The molecule has 4 nitrogen and oxygen atoms in total. The standard InChI is InChI=1S/C25H19FN2O2/c26-20-7-4-6-18(14-20)11-12-19-15-22-23(27-16-19)10-5-13-25(22)17-28(24(29)30-25)21-8-2-1-3-9-21/h1-4,6-9,14-16H,5,10,13,17H2. The van der Waals surface area contributed by atoms with Crippen molar-refractivity contribution in [2.75, 3.05) is 11.4 Å². The molecular formula is C25H19FN2O2. The topological polar surface area (TPSA) is 42.4 Å². The van der Waals surface area contributed by atoms with E-state index in [1.165, 1.54) is 12.1 Å². The molecule has 3 aromatic rings. The monoisotopic (exact) mass is 398 g/mol. The van der Waals surface area contributed by atoms with Gasteiger partial charge in [-0.3, -0.25) is 9.88 Å². The lowest BCUT2D eigenvalue weighted by atomic mass is 9.81. The highest BCUT2D eigenvalue weighted by atomic mass is 19.1. The number of benzene rings is 2. The summed E-state index contributed by atoms with van der Waals surface area (Å²) < 4.78 is 19.4. The van der Waals surface area contributed by atoms with E-state index in [0.717, 1.165) is 36.2 Å². The van der Waals surface area contributed by atoms with Crippen molar-refractivity contribution >= 4 is 11.8 Å². The molecule has 30 heavy (non-hydrogen) atoms. The van der Waals surface area contributed by atoms with E-state index in [2.05, 4.69) is 16.8 Å². The van der Waals surface area contributed by atoms with Gasteiger partial charge >= 0.3 is 6.09 Å². The Morgan fingerprint density at radius 3 is 2.70 bits per heavy atom. The number of aryl methyl sites for hydroxylation is 1. The van der Waals surface area contributed by atoms with Gasteiger partial charge in [-0.05, 0) is 55.7 Å². The van der Waals surface area contributed by atoms with Crippen molar-refractivity contribution in [3.05, 3.63) is 95.1 Å². The Balaban J connectivity index is 1.50. The SMILES string of the molecule is O=C1OC2(CCCc3ncc(C#Cc4cccc(F)c4)cc32)CN1c1ccccc1. The van der Waals surface area contributed by atoms with Crippen molar-refractivity contribution in [1.82, 2.24) is 4.98 Å². The Labute approximate surface area is 174 Å². The van der Waals surface area contributed by atoms with Crippen LogP contribution < -0.4 is 4.90 Å². The maximum absolute atomic E-state index is 13.4. The van der Waals surface area contributed by atoms with Gasteiger partial charge < -0.3 is 4.74 Å². The Morgan fingerprint density at radius 2 is 1.87 bits per heavy atom. The highest BCUT2D eigenvalue weighted by Gasteiger charge is 2.49. The fraction of sp³-hybridized carbons (Fsp3) is 0.200. The lowest BCUT2D eigenvalue weighted by Gasteiger charge is -2.32. The van der Waals surface area contributed by atoms with E-state index in [1.54, 1.807) is 23.2 Å². The number of anilines is 1. The summed E-state index contributed by atoms with van der Waals surface area (Å²) in [5.74, 6) is 5.73. The molecule has 2 aliphatic rings. The first-order valence-electron chi connectivity index (χ1n) is 9.96. The van der Waals surface area contributed by atoms with Crippen LogP contribution in [0.3, 0.4) is 0 Å². The zero-order valence-electron chi connectivity index (χ0n) is 16.3. The number of amides is 1. The summed E-state index contributed by atoms with van der Waals surface area (Å²) in [7, 11) is 0. The molecule has 5 heteroatoms. The molecule has 0 N–H and O–H groups in total. The fourth-order valence-corrected chi connectivity index (χ4v) is 4.19. The van der Waals surface area contributed by atoms with Crippen LogP contribution in [0, 0.1) is 17.7 Å². The minimum Gasteiger partial charge on any atom is -0.436 e. The Kier molecular flexibility index (Phi) is 4.48. The van der Waals surface area contributed by atoms with Crippen molar-refractivity contribution in [3.8, 4) is 11.8 Å². The van der Waals surface area contributed by atoms with Gasteiger partial charge in [-0.2, -0.15) is 0 Å². The lowest BCUT2D eigenvalue weighted by molar-refractivity contribution is 0.0389. The molecule has 1 atom stereocenters. The first kappa shape index (κ1) is 18.4. The molecule has 1 unspecified atom stereocenters. The van der Waals surface area contributed by atoms with Crippen molar-refractivity contribution in [3.63, 3.8) is 0 Å². The molecule has 1 fully saturated rings. The van der Waals surface area contributed by atoms with Gasteiger partial charge in [0.1, 0.15) is 5.82 Å². The van der Waals surface area contributed by atoms with Gasteiger partial charge in [0.05, 0.1) is 6.54 Å². The van der Waals surface area contributed by atoms with Crippen molar-refractivity contribution in [2.45, 2.75) is 24.9 Å². The van der Waals surface area contributed by atoms with Crippen LogP contribution >= 0.6 is 0 Å². The average molecular weight is 398 g/mol. The molecule has 1 amide bonds. The van der Waals surface area contributed by atoms with Gasteiger partial charge in [-0.25, -0.2) is 9.18 Å². The molecule has 2 heterocycles. The highest BCUT2D eigenvalue weighted by molar-refractivity contribution is 5.90. The second-order valence-corrected chi connectivity index (χ2v) is 7.62. The van der Waals surface area contributed by atoms with Crippen molar-refractivity contribution in [1.29, 1.82) is 0 Å². The predicted octanol–water partition coefficient (Wildman–Crippen LogP) is 4.81. The van der Waals surface area contributed by atoms with E-state index in [9.17, 15) is 9.18 Å². The number of carbonyl (C=O) groups excluding carboxylic acids is 1. The highest BCUT2D eigenvalue weighted by Crippen LogP contribution is 2.43. The number of carbonyl (C=O) groups is 1. The number of ether oxygens (including phenoxy) is 1. The molecule has 0 saturated carbocycles. The number of rotatable bonds is 1. The number of hydrogen-bond donors (Lipinski definition) is 0. The van der Waals surface area contributed by atoms with Crippen molar-refractivity contribution < 1.29 is 13.9 Å². The van der Waals surface area contributed by atoms with E-state index in [-0.39, 0.29) is 11.9 Å². The van der Waals surface area contributed by atoms with Gasteiger partial charge in [0.15, 0.2) is 5.60 Å². The second kappa shape index (κ2) is 7.31. The number of aromatic nitrogens is 1. The first-order valence-corrected chi connectivity index (χ1v) is 9.96. The zero-order chi connectivity index (χ0) is 20.6. The Bertz CT molecular complexity index is 1180. The summed E-state index contributed by atoms with van der Waals surface area (Å²) in [6, 6.07) is 17.7. The van der Waals surface area contributed by atoms with Crippen LogP contribution in [0.2, 0.25) is 0 Å². The molecule has 1 aliphatic carbocycles. The number of nitrogens with zero attached hydrogens (tertiary/aromatic N) is 2. The summed E-state index contributed by atoms with van der Waals surface area (Å²) in [5, 5.41) is 0. The summed E-state index contributed by atoms with van der Waals surface area (Å²) in [6.07, 6.45) is 3.89. The lowest BCUT2D eigenvalue weighted by Crippen LogP contribution is -2.36. The van der Waals surface area contributed by atoms with E-state index in [4.69, 9.17) is 4.74 Å². The third-order valence-electron chi connectivity index (χ3n) is 5.62. The molecule has 1 aliphatic heterocycles. The molecule has 1 saturated heterocycles. The van der Waals surface area contributed by atoms with Gasteiger partial charge in [-0.15, -0.1) is 0 Å². The largest absolute Gasteiger partial charge is 0.436 e. The van der Waals surface area contributed by atoms with Gasteiger partial charge in [-0.1, -0.05) is 36.1 Å². The molecule has 1 aromatic heterocycles. The van der Waals surface area contributed by atoms with Crippen molar-refractivity contribution in [2.24, 2.45) is 0 Å². The van der Waals surface area contributed by atoms with E-state index < -0.39 is 5.60 Å². The Morgan fingerprint density at radius 1 is 1.03 bits per heavy atom. The van der Waals surface area contributed by atoms with Crippen LogP contribution in [-0.4, -0.2) is 17.6 Å². The van der Waals surface area contributed by atoms with Gasteiger partial charge in [0.2, 0.25) is 0 Å². The molecule has 0 radical (unpaired) electrons. The maximum atomic E-state index is 13.4. The van der Waals surface area contributed by atoms with Gasteiger partial charge in [0.25, 0.3) is 0 Å². The van der Waals surface area contributed by atoms with Crippen LogP contribution in [-0.2, 0) is 16.8 Å². The number of hydrogen-bond acceptors (Lipinski definition) is 3. The molecule has 148 valence electrons. The smallest absolute Gasteiger partial charge is 0.415 e. The third kappa shape index (κ3) is 3.31. The molecule has 1 spiro atoms. The quantitative estimate of drug-likeness (QED) is 0.553. The number of pyridine rings is 1. The Hall–Kier alpha value is -3.65. The van der Waals surface area contributed by atoms with Crippen LogP contribution in [0.15, 0.2) is 66.9 Å².